The first-order valence-electron chi connectivity index (χ1n) is 4.32. The molecular formula is C10H9NO3S. The van der Waals surface area contributed by atoms with E-state index < -0.39 is 15.8 Å². The highest BCUT2D eigenvalue weighted by Gasteiger charge is 2.12. The van der Waals surface area contributed by atoms with E-state index in [-0.39, 0.29) is 4.90 Å². The molecule has 0 bridgehead atoms. The van der Waals surface area contributed by atoms with Gasteiger partial charge in [-0.15, -0.1) is 0 Å². The Labute approximate surface area is 87.1 Å². The van der Waals surface area contributed by atoms with Crippen LogP contribution in [0.1, 0.15) is 0 Å². The summed E-state index contributed by atoms with van der Waals surface area (Å²) in [6.45, 7) is 0. The van der Waals surface area contributed by atoms with Crippen LogP contribution in [0.4, 0.5) is 0 Å². The lowest BCUT2D eigenvalue weighted by Gasteiger charge is -2.01. The van der Waals surface area contributed by atoms with Crippen LogP contribution in [-0.2, 0) is 9.84 Å². The van der Waals surface area contributed by atoms with Crippen LogP contribution in [0.3, 0.4) is 0 Å². The third-order valence-corrected chi connectivity index (χ3v) is 3.42. The van der Waals surface area contributed by atoms with Crippen LogP contribution in [0.25, 0.3) is 10.9 Å². The Bertz CT molecular complexity index is 592. The molecule has 0 radical (unpaired) electrons. The molecule has 0 aliphatic rings. The number of rotatable bonds is 2. The average Bonchev–Trinajstić information content (AvgIpc) is 2.28. The number of aromatic nitrogens is 1. The Morgan fingerprint density at radius 1 is 1.27 bits per heavy atom. The van der Waals surface area contributed by atoms with E-state index in [9.17, 15) is 8.42 Å². The predicted octanol–water partition coefficient (Wildman–Crippen LogP) is 0.958. The van der Waals surface area contributed by atoms with Crippen molar-refractivity contribution in [1.29, 1.82) is 0 Å². The fourth-order valence-corrected chi connectivity index (χ4v) is 2.03. The molecule has 0 fully saturated rings. The number of hydrogen-bond acceptors (Lipinski definition) is 4. The Hall–Kier alpha value is -1.46. The van der Waals surface area contributed by atoms with Crippen LogP contribution in [-0.4, -0.2) is 24.4 Å². The summed E-state index contributed by atoms with van der Waals surface area (Å²) in [4.78, 5) is 4.14. The summed E-state index contributed by atoms with van der Waals surface area (Å²) in [5, 5.41) is 9.58. The molecule has 0 unspecified atom stereocenters. The van der Waals surface area contributed by atoms with Gasteiger partial charge in [0.05, 0.1) is 10.4 Å². The van der Waals surface area contributed by atoms with Gasteiger partial charge in [0.25, 0.3) is 0 Å². The molecule has 0 saturated carbocycles. The molecule has 0 atom stereocenters. The third kappa shape index (κ3) is 1.84. The summed E-state index contributed by atoms with van der Waals surface area (Å²) >= 11 is 0. The Morgan fingerprint density at radius 3 is 2.80 bits per heavy atom. The van der Waals surface area contributed by atoms with Crippen molar-refractivity contribution in [2.45, 2.75) is 4.90 Å². The molecule has 0 aliphatic heterocycles. The van der Waals surface area contributed by atoms with E-state index in [1.165, 1.54) is 12.1 Å². The first kappa shape index (κ1) is 10.1. The highest BCUT2D eigenvalue weighted by atomic mass is 32.2. The second kappa shape index (κ2) is 3.60. The monoisotopic (exact) mass is 223 g/mol. The lowest BCUT2D eigenvalue weighted by atomic mass is 10.2. The van der Waals surface area contributed by atoms with Gasteiger partial charge in [-0.1, -0.05) is 12.1 Å². The zero-order valence-electron chi connectivity index (χ0n) is 7.79. The number of aliphatic hydroxyl groups is 1. The molecule has 1 heterocycles. The molecule has 78 valence electrons. The molecule has 1 N–H and O–H groups in total. The smallest absolute Gasteiger partial charge is 0.202 e. The zero-order chi connectivity index (χ0) is 10.9. The van der Waals surface area contributed by atoms with Crippen LogP contribution < -0.4 is 0 Å². The van der Waals surface area contributed by atoms with Gasteiger partial charge in [-0.25, -0.2) is 8.42 Å². The highest BCUT2D eigenvalue weighted by Crippen LogP contribution is 2.17. The zero-order valence-corrected chi connectivity index (χ0v) is 8.61. The van der Waals surface area contributed by atoms with E-state index in [4.69, 9.17) is 5.11 Å². The fraction of sp³-hybridized carbons (Fsp3) is 0.100. The van der Waals surface area contributed by atoms with Gasteiger partial charge in [-0.2, -0.15) is 0 Å². The van der Waals surface area contributed by atoms with Gasteiger partial charge in [0, 0.05) is 11.6 Å². The molecule has 15 heavy (non-hydrogen) atoms. The van der Waals surface area contributed by atoms with E-state index in [0.717, 1.165) is 5.39 Å². The summed E-state index contributed by atoms with van der Waals surface area (Å²) in [6, 6.07) is 8.22. The minimum Gasteiger partial charge on any atom is -0.380 e. The Kier molecular flexibility index (Phi) is 2.42. The van der Waals surface area contributed by atoms with E-state index >= 15 is 0 Å². The number of sulfone groups is 1. The molecule has 2 rings (SSSR count). The van der Waals surface area contributed by atoms with E-state index in [0.29, 0.717) is 5.52 Å². The minimum atomic E-state index is -3.57. The number of benzene rings is 1. The Morgan fingerprint density at radius 2 is 2.07 bits per heavy atom. The van der Waals surface area contributed by atoms with Gasteiger partial charge >= 0.3 is 0 Å². The van der Waals surface area contributed by atoms with Crippen molar-refractivity contribution >= 4 is 20.7 Å². The second-order valence-electron chi connectivity index (χ2n) is 3.10. The van der Waals surface area contributed by atoms with Crippen molar-refractivity contribution in [1.82, 2.24) is 4.98 Å². The van der Waals surface area contributed by atoms with E-state index in [2.05, 4.69) is 4.98 Å². The highest BCUT2D eigenvalue weighted by molar-refractivity contribution is 7.91. The van der Waals surface area contributed by atoms with Crippen LogP contribution >= 0.6 is 0 Å². The van der Waals surface area contributed by atoms with Crippen LogP contribution in [0.2, 0.25) is 0 Å². The first-order chi connectivity index (χ1) is 7.13. The summed E-state index contributed by atoms with van der Waals surface area (Å²) in [5.41, 5.74) is 0.604. The summed E-state index contributed by atoms with van der Waals surface area (Å²) < 4.78 is 22.7. The quantitative estimate of drug-likeness (QED) is 0.823. The number of nitrogens with zero attached hydrogens (tertiary/aromatic N) is 1. The number of hydrogen-bond donors (Lipinski definition) is 1. The molecular weight excluding hydrogens is 214 g/mol. The largest absolute Gasteiger partial charge is 0.380 e. The summed E-state index contributed by atoms with van der Waals surface area (Å²) in [5.74, 6) is -0.884. The van der Waals surface area contributed by atoms with Gasteiger partial charge < -0.3 is 5.11 Å². The lowest BCUT2D eigenvalue weighted by molar-refractivity contribution is 0.358. The standard InChI is InChI=1S/C10H9NO3S/c12-7-15(13,14)9-4-3-8-2-1-5-11-10(8)6-9/h1-6,12H,7H2. The van der Waals surface area contributed by atoms with Crippen molar-refractivity contribution in [2.75, 3.05) is 5.94 Å². The maximum Gasteiger partial charge on any atom is 0.202 e. The van der Waals surface area contributed by atoms with Crippen molar-refractivity contribution in [2.24, 2.45) is 0 Å². The lowest BCUT2D eigenvalue weighted by Crippen LogP contribution is -2.05. The molecule has 5 heteroatoms. The third-order valence-electron chi connectivity index (χ3n) is 2.11. The van der Waals surface area contributed by atoms with Crippen molar-refractivity contribution in [3.05, 3.63) is 36.5 Å². The minimum absolute atomic E-state index is 0.0937. The SMILES string of the molecule is O=S(=O)(CO)c1ccc2cccnc2c1. The molecule has 0 amide bonds. The molecule has 0 saturated heterocycles. The summed E-state index contributed by atoms with van der Waals surface area (Å²) in [6.07, 6.45) is 1.59. The summed E-state index contributed by atoms with van der Waals surface area (Å²) in [7, 11) is -3.57. The Balaban J connectivity index is 2.67. The fourth-order valence-electron chi connectivity index (χ4n) is 1.31. The van der Waals surface area contributed by atoms with Gasteiger partial charge in [0.15, 0.2) is 0 Å². The van der Waals surface area contributed by atoms with Gasteiger partial charge in [-0.3, -0.25) is 4.98 Å². The maximum absolute atomic E-state index is 11.4. The van der Waals surface area contributed by atoms with Crippen LogP contribution in [0.15, 0.2) is 41.4 Å². The number of pyridine rings is 1. The van der Waals surface area contributed by atoms with E-state index in [1.807, 2.05) is 6.07 Å². The molecule has 4 nitrogen and oxygen atoms in total. The molecule has 2 aromatic rings. The topological polar surface area (TPSA) is 67.3 Å². The van der Waals surface area contributed by atoms with Gasteiger partial charge in [0.2, 0.25) is 9.84 Å². The van der Waals surface area contributed by atoms with Crippen LogP contribution in [0, 0.1) is 0 Å². The maximum atomic E-state index is 11.4. The van der Waals surface area contributed by atoms with Gasteiger partial charge in [-0.05, 0) is 18.2 Å². The molecule has 1 aromatic carbocycles. The van der Waals surface area contributed by atoms with Crippen molar-refractivity contribution in [3.63, 3.8) is 0 Å². The predicted molar refractivity (Wildman–Crippen MR) is 56.0 cm³/mol. The van der Waals surface area contributed by atoms with Crippen LogP contribution in [0.5, 0.6) is 0 Å². The normalized spacial score (nSPS) is 11.8. The number of aliphatic hydroxyl groups excluding tert-OH is 1. The molecule has 0 aliphatic carbocycles. The molecule has 0 spiro atoms. The average molecular weight is 223 g/mol. The first-order valence-corrected chi connectivity index (χ1v) is 5.97. The van der Waals surface area contributed by atoms with E-state index in [1.54, 1.807) is 18.3 Å². The van der Waals surface area contributed by atoms with Crippen molar-refractivity contribution in [3.8, 4) is 0 Å². The second-order valence-corrected chi connectivity index (χ2v) is 5.06. The molecule has 1 aromatic heterocycles. The van der Waals surface area contributed by atoms with Gasteiger partial charge in [0.1, 0.15) is 5.94 Å². The van der Waals surface area contributed by atoms with Crippen molar-refractivity contribution < 1.29 is 13.5 Å². The number of fused-ring (bicyclic) bond motifs is 1.